The smallest absolute Gasteiger partial charge is 0.292 e. The van der Waals surface area contributed by atoms with Crippen molar-refractivity contribution in [2.24, 2.45) is 0 Å². The summed E-state index contributed by atoms with van der Waals surface area (Å²) >= 11 is 0. The lowest BCUT2D eigenvalue weighted by atomic mass is 10.0. The van der Waals surface area contributed by atoms with Gasteiger partial charge in [-0.05, 0) is 31.2 Å². The highest BCUT2D eigenvalue weighted by molar-refractivity contribution is 5.94. The van der Waals surface area contributed by atoms with E-state index < -0.39 is 0 Å². The van der Waals surface area contributed by atoms with E-state index in [2.05, 4.69) is 0 Å². The number of hydrogen-bond donors (Lipinski definition) is 0. The number of hydrogen-bond acceptors (Lipinski definition) is 6. The minimum Gasteiger partial charge on any atom is -0.496 e. The summed E-state index contributed by atoms with van der Waals surface area (Å²) in [5, 5.41) is 11.3. The third kappa shape index (κ3) is 4.53. The van der Waals surface area contributed by atoms with Crippen LogP contribution in [0.1, 0.15) is 22.8 Å². The second-order valence-corrected chi connectivity index (χ2v) is 6.87. The van der Waals surface area contributed by atoms with Crippen LogP contribution >= 0.6 is 0 Å². The Kier molecular flexibility index (Phi) is 6.11. The Hall–Kier alpha value is -3.42. The van der Waals surface area contributed by atoms with Crippen molar-refractivity contribution in [2.45, 2.75) is 13.3 Å². The topological polar surface area (TPSA) is 93.0 Å². The predicted molar refractivity (Wildman–Crippen MR) is 109 cm³/mol. The lowest BCUT2D eigenvalue weighted by Gasteiger charge is -2.36. The fourth-order valence-corrected chi connectivity index (χ4v) is 3.49. The molecular formula is C21H23N3O5. The molecule has 0 aromatic heterocycles. The molecule has 0 aliphatic carbocycles. The molecule has 0 atom stereocenters. The van der Waals surface area contributed by atoms with Gasteiger partial charge < -0.3 is 14.5 Å². The third-order valence-corrected chi connectivity index (χ3v) is 5.08. The van der Waals surface area contributed by atoms with Gasteiger partial charge in [-0.3, -0.25) is 19.7 Å². The first-order chi connectivity index (χ1) is 13.9. The van der Waals surface area contributed by atoms with Crippen LogP contribution in [0, 0.1) is 10.1 Å². The average Bonchev–Trinajstić information content (AvgIpc) is 2.73. The zero-order valence-corrected chi connectivity index (χ0v) is 16.5. The second kappa shape index (κ2) is 8.72. The van der Waals surface area contributed by atoms with Gasteiger partial charge >= 0.3 is 0 Å². The zero-order valence-electron chi connectivity index (χ0n) is 16.5. The first-order valence-corrected chi connectivity index (χ1v) is 9.34. The number of benzene rings is 2. The SMILES string of the molecule is COc1ccc(C(C)=O)cc1CC(=O)N1CCN(c2ccccc2[N+](=O)[O-])CC1. The van der Waals surface area contributed by atoms with Gasteiger partial charge in [0.25, 0.3) is 5.69 Å². The zero-order chi connectivity index (χ0) is 21.0. The summed E-state index contributed by atoms with van der Waals surface area (Å²) in [6, 6.07) is 11.7. The number of nitro benzene ring substituents is 1. The van der Waals surface area contributed by atoms with E-state index in [9.17, 15) is 19.7 Å². The molecule has 0 saturated carbocycles. The van der Waals surface area contributed by atoms with Crippen molar-refractivity contribution < 1.29 is 19.2 Å². The summed E-state index contributed by atoms with van der Waals surface area (Å²) in [7, 11) is 1.53. The summed E-state index contributed by atoms with van der Waals surface area (Å²) in [6.45, 7) is 3.46. The van der Waals surface area contributed by atoms with Gasteiger partial charge in [-0.2, -0.15) is 0 Å². The van der Waals surface area contributed by atoms with Crippen molar-refractivity contribution in [1.82, 2.24) is 4.90 Å². The van der Waals surface area contributed by atoms with Crippen LogP contribution in [0.15, 0.2) is 42.5 Å². The molecule has 8 nitrogen and oxygen atoms in total. The van der Waals surface area contributed by atoms with Crippen LogP contribution < -0.4 is 9.64 Å². The highest BCUT2D eigenvalue weighted by Gasteiger charge is 2.26. The number of amides is 1. The second-order valence-electron chi connectivity index (χ2n) is 6.87. The molecule has 0 spiro atoms. The molecule has 0 radical (unpaired) electrons. The van der Waals surface area contributed by atoms with Gasteiger partial charge in [0.1, 0.15) is 11.4 Å². The van der Waals surface area contributed by atoms with Gasteiger partial charge in [0.15, 0.2) is 5.78 Å². The van der Waals surface area contributed by atoms with E-state index in [0.29, 0.717) is 48.7 Å². The van der Waals surface area contributed by atoms with E-state index in [1.165, 1.54) is 20.1 Å². The number of ketones is 1. The number of nitrogens with zero attached hydrogens (tertiary/aromatic N) is 3. The van der Waals surface area contributed by atoms with Crippen molar-refractivity contribution in [3.8, 4) is 5.75 Å². The Balaban J connectivity index is 1.68. The predicted octanol–water partition coefficient (Wildman–Crippen LogP) is 2.70. The summed E-state index contributed by atoms with van der Waals surface area (Å²) in [5.41, 5.74) is 1.85. The number of methoxy groups -OCH3 is 1. The van der Waals surface area contributed by atoms with Gasteiger partial charge in [0.2, 0.25) is 5.91 Å². The summed E-state index contributed by atoms with van der Waals surface area (Å²) in [5.74, 6) is 0.438. The molecule has 1 aliphatic rings. The van der Waals surface area contributed by atoms with Crippen LogP contribution in [0.4, 0.5) is 11.4 Å². The van der Waals surface area contributed by atoms with Crippen LogP contribution in [0.25, 0.3) is 0 Å². The number of nitro groups is 1. The Morgan fingerprint density at radius 3 is 2.41 bits per heavy atom. The summed E-state index contributed by atoms with van der Waals surface area (Å²) in [4.78, 5) is 39.0. The molecule has 29 heavy (non-hydrogen) atoms. The largest absolute Gasteiger partial charge is 0.496 e. The molecular weight excluding hydrogens is 374 g/mol. The van der Waals surface area contributed by atoms with Crippen molar-refractivity contribution in [3.05, 3.63) is 63.7 Å². The standard InChI is InChI=1S/C21H23N3O5/c1-15(25)16-7-8-20(29-2)17(13-16)14-21(26)23-11-9-22(10-12-23)18-5-3-4-6-19(18)24(27)28/h3-8,13H,9-12,14H2,1-2H3. The average molecular weight is 397 g/mol. The first kappa shape index (κ1) is 20.3. The van der Waals surface area contributed by atoms with Crippen LogP contribution in [-0.2, 0) is 11.2 Å². The van der Waals surface area contributed by atoms with Crippen LogP contribution in [0.3, 0.4) is 0 Å². The molecule has 2 aromatic rings. The monoisotopic (exact) mass is 397 g/mol. The van der Waals surface area contributed by atoms with E-state index in [4.69, 9.17) is 4.74 Å². The minimum atomic E-state index is -0.388. The molecule has 1 fully saturated rings. The van der Waals surface area contributed by atoms with Crippen molar-refractivity contribution in [2.75, 3.05) is 38.2 Å². The van der Waals surface area contributed by atoms with Crippen molar-refractivity contribution >= 4 is 23.1 Å². The lowest BCUT2D eigenvalue weighted by Crippen LogP contribution is -2.49. The van der Waals surface area contributed by atoms with E-state index in [1.807, 2.05) is 4.90 Å². The molecule has 152 valence electrons. The van der Waals surface area contributed by atoms with E-state index >= 15 is 0 Å². The molecule has 1 amide bonds. The minimum absolute atomic E-state index is 0.0637. The number of ether oxygens (including phenoxy) is 1. The van der Waals surface area contributed by atoms with Gasteiger partial charge in [-0.15, -0.1) is 0 Å². The molecule has 8 heteroatoms. The van der Waals surface area contributed by atoms with Crippen molar-refractivity contribution in [3.63, 3.8) is 0 Å². The maximum Gasteiger partial charge on any atom is 0.292 e. The normalized spacial score (nSPS) is 13.9. The third-order valence-electron chi connectivity index (χ3n) is 5.08. The van der Waals surface area contributed by atoms with Crippen LogP contribution in [0.2, 0.25) is 0 Å². The molecule has 2 aromatic carbocycles. The van der Waals surface area contributed by atoms with E-state index in [-0.39, 0.29) is 28.7 Å². The maximum absolute atomic E-state index is 12.8. The van der Waals surface area contributed by atoms with Gasteiger partial charge in [0.05, 0.1) is 18.5 Å². The Morgan fingerprint density at radius 2 is 1.79 bits per heavy atom. The Bertz CT molecular complexity index is 936. The van der Waals surface area contributed by atoms with E-state index in [1.54, 1.807) is 41.3 Å². The Morgan fingerprint density at radius 1 is 1.10 bits per heavy atom. The Labute approximate surface area is 168 Å². The molecule has 1 aliphatic heterocycles. The lowest BCUT2D eigenvalue weighted by molar-refractivity contribution is -0.384. The van der Waals surface area contributed by atoms with Gasteiger partial charge in [-0.25, -0.2) is 0 Å². The summed E-state index contributed by atoms with van der Waals surface area (Å²) in [6.07, 6.45) is 0.135. The van der Waals surface area contributed by atoms with Gasteiger partial charge in [-0.1, -0.05) is 12.1 Å². The number of Topliss-reactive ketones (excluding diaryl/α,β-unsaturated/α-hetero) is 1. The quantitative estimate of drug-likeness (QED) is 0.423. The van der Waals surface area contributed by atoms with Crippen LogP contribution in [0.5, 0.6) is 5.75 Å². The molecule has 3 rings (SSSR count). The molecule has 0 bridgehead atoms. The number of para-hydroxylation sites is 2. The number of carbonyl (C=O) groups excluding carboxylic acids is 2. The number of piperazine rings is 1. The van der Waals surface area contributed by atoms with Crippen molar-refractivity contribution in [1.29, 1.82) is 0 Å². The molecule has 0 unspecified atom stereocenters. The van der Waals surface area contributed by atoms with E-state index in [0.717, 1.165) is 0 Å². The van der Waals surface area contributed by atoms with Crippen LogP contribution in [-0.4, -0.2) is 54.8 Å². The maximum atomic E-state index is 12.8. The number of rotatable bonds is 6. The molecule has 0 N–H and O–H groups in total. The number of carbonyl (C=O) groups is 2. The fraction of sp³-hybridized carbons (Fsp3) is 0.333. The van der Waals surface area contributed by atoms with Gasteiger partial charge in [0, 0.05) is 43.4 Å². The number of anilines is 1. The molecule has 1 saturated heterocycles. The molecule has 1 heterocycles. The summed E-state index contributed by atoms with van der Waals surface area (Å²) < 4.78 is 5.32. The highest BCUT2D eigenvalue weighted by Crippen LogP contribution is 2.28. The highest BCUT2D eigenvalue weighted by atomic mass is 16.6. The first-order valence-electron chi connectivity index (χ1n) is 9.34. The fourth-order valence-electron chi connectivity index (χ4n) is 3.49.